The summed E-state index contributed by atoms with van der Waals surface area (Å²) >= 11 is 0. The van der Waals surface area contributed by atoms with Crippen LogP contribution in [0, 0.1) is 0 Å². The molecule has 1 amide bonds. The molecule has 0 bridgehead atoms. The molecule has 1 aromatic heterocycles. The lowest BCUT2D eigenvalue weighted by Gasteiger charge is -2.17. The highest BCUT2D eigenvalue weighted by molar-refractivity contribution is 7.92. The monoisotopic (exact) mass is 323 g/mol. The molecule has 22 heavy (non-hydrogen) atoms. The predicted octanol–water partition coefficient (Wildman–Crippen LogP) is 0.141. The van der Waals surface area contributed by atoms with Gasteiger partial charge in [0, 0.05) is 20.6 Å². The molecule has 2 rings (SSSR count). The van der Waals surface area contributed by atoms with Crippen molar-refractivity contribution in [3.8, 4) is 0 Å². The summed E-state index contributed by atoms with van der Waals surface area (Å²) in [5, 5.41) is 6.55. The number of rotatable bonds is 5. The van der Waals surface area contributed by atoms with E-state index < -0.39 is 10.0 Å². The second kappa shape index (κ2) is 6.14. The van der Waals surface area contributed by atoms with Crippen LogP contribution >= 0.6 is 0 Å². The summed E-state index contributed by atoms with van der Waals surface area (Å²) in [6, 6.07) is 6.93. The highest BCUT2D eigenvalue weighted by Gasteiger charge is 2.13. The van der Waals surface area contributed by atoms with E-state index in [1.807, 2.05) is 0 Å². The molecule has 0 aliphatic heterocycles. The maximum atomic E-state index is 11.9. The minimum Gasteiger partial charge on any atom is -0.345 e. The Morgan fingerprint density at radius 2 is 2.14 bits per heavy atom. The molecule has 2 aromatic rings. The van der Waals surface area contributed by atoms with Crippen molar-refractivity contribution in [2.24, 2.45) is 7.05 Å². The lowest BCUT2D eigenvalue weighted by atomic mass is 10.2. The molecular weight excluding hydrogens is 306 g/mol. The van der Waals surface area contributed by atoms with Gasteiger partial charge in [0.2, 0.25) is 15.8 Å². The summed E-state index contributed by atoms with van der Waals surface area (Å²) in [7, 11) is -0.213. The molecule has 8 nitrogen and oxygen atoms in total. The van der Waals surface area contributed by atoms with E-state index in [2.05, 4.69) is 15.4 Å². The van der Waals surface area contributed by atoms with Crippen molar-refractivity contribution in [3.05, 3.63) is 42.0 Å². The van der Waals surface area contributed by atoms with Crippen LogP contribution in [0.15, 0.2) is 30.6 Å². The molecule has 0 saturated heterocycles. The van der Waals surface area contributed by atoms with Crippen LogP contribution < -0.4 is 9.62 Å². The summed E-state index contributed by atoms with van der Waals surface area (Å²) in [6.07, 6.45) is 2.44. The largest absolute Gasteiger partial charge is 0.345 e. The first-order valence-electron chi connectivity index (χ1n) is 6.44. The minimum absolute atomic E-state index is 0.212. The van der Waals surface area contributed by atoms with Crippen molar-refractivity contribution in [2.75, 3.05) is 17.6 Å². The lowest BCUT2D eigenvalue weighted by Crippen LogP contribution is -2.27. The molecule has 9 heteroatoms. The molecule has 0 aliphatic rings. The van der Waals surface area contributed by atoms with E-state index in [0.717, 1.165) is 11.8 Å². The van der Waals surface area contributed by atoms with Gasteiger partial charge in [-0.05, 0) is 17.7 Å². The fourth-order valence-electron chi connectivity index (χ4n) is 1.82. The van der Waals surface area contributed by atoms with E-state index in [1.165, 1.54) is 22.4 Å². The van der Waals surface area contributed by atoms with E-state index in [0.29, 0.717) is 5.69 Å². The summed E-state index contributed by atoms with van der Waals surface area (Å²) in [6.45, 7) is 0.261. The minimum atomic E-state index is -3.32. The molecule has 0 unspecified atom stereocenters. The van der Waals surface area contributed by atoms with E-state index in [4.69, 9.17) is 0 Å². The van der Waals surface area contributed by atoms with Crippen LogP contribution in [0.5, 0.6) is 0 Å². The Hall–Kier alpha value is -2.42. The second-order valence-electron chi connectivity index (χ2n) is 4.79. The van der Waals surface area contributed by atoms with Crippen molar-refractivity contribution in [1.29, 1.82) is 0 Å². The molecular formula is C13H17N5O3S. The third-order valence-corrected chi connectivity index (χ3v) is 4.34. The number of nitrogens with zero attached hydrogens (tertiary/aromatic N) is 4. The van der Waals surface area contributed by atoms with E-state index in [9.17, 15) is 13.2 Å². The Bertz CT molecular complexity index is 784. The number of benzene rings is 1. The average molecular weight is 323 g/mol. The fraction of sp³-hybridized carbons (Fsp3) is 0.308. The van der Waals surface area contributed by atoms with Gasteiger partial charge < -0.3 is 5.32 Å². The zero-order valence-electron chi connectivity index (χ0n) is 12.5. The third-order valence-electron chi connectivity index (χ3n) is 3.14. The van der Waals surface area contributed by atoms with Crippen molar-refractivity contribution < 1.29 is 13.2 Å². The lowest BCUT2D eigenvalue weighted by molar-refractivity contribution is 0.0936. The van der Waals surface area contributed by atoms with Crippen LogP contribution in [-0.2, 0) is 23.6 Å². The molecule has 0 fully saturated rings. The first-order valence-corrected chi connectivity index (χ1v) is 8.29. The number of aryl methyl sites for hydroxylation is 1. The molecule has 1 aromatic carbocycles. The number of hydrogen-bond acceptors (Lipinski definition) is 5. The third kappa shape index (κ3) is 3.61. The van der Waals surface area contributed by atoms with Gasteiger partial charge in [0.05, 0.1) is 11.9 Å². The van der Waals surface area contributed by atoms with E-state index >= 15 is 0 Å². The smallest absolute Gasteiger partial charge is 0.289 e. The van der Waals surface area contributed by atoms with Crippen LogP contribution in [0.4, 0.5) is 5.69 Å². The van der Waals surface area contributed by atoms with Crippen LogP contribution in [0.25, 0.3) is 0 Å². The number of nitrogens with one attached hydrogen (secondary N) is 1. The van der Waals surface area contributed by atoms with Crippen molar-refractivity contribution in [1.82, 2.24) is 20.1 Å². The highest BCUT2D eigenvalue weighted by Crippen LogP contribution is 2.17. The topological polar surface area (TPSA) is 97.2 Å². The normalized spacial score (nSPS) is 11.2. The van der Waals surface area contributed by atoms with Gasteiger partial charge in [0.25, 0.3) is 5.91 Å². The molecule has 0 atom stereocenters. The van der Waals surface area contributed by atoms with Gasteiger partial charge in [-0.25, -0.2) is 18.1 Å². The van der Waals surface area contributed by atoms with Crippen molar-refractivity contribution in [3.63, 3.8) is 0 Å². The Balaban J connectivity index is 2.08. The van der Waals surface area contributed by atoms with Crippen molar-refractivity contribution >= 4 is 21.6 Å². The fourth-order valence-corrected chi connectivity index (χ4v) is 2.31. The highest BCUT2D eigenvalue weighted by atomic mass is 32.2. The van der Waals surface area contributed by atoms with Gasteiger partial charge in [0.1, 0.15) is 6.33 Å². The first kappa shape index (κ1) is 16.0. The van der Waals surface area contributed by atoms with Gasteiger partial charge in [0.15, 0.2) is 0 Å². The number of anilines is 1. The summed E-state index contributed by atoms with van der Waals surface area (Å²) in [4.78, 5) is 15.8. The van der Waals surface area contributed by atoms with Crippen molar-refractivity contribution in [2.45, 2.75) is 6.54 Å². The standard InChI is InChI=1S/C13H17N5O3S/c1-17-12(15-9-16-17)13(19)14-8-10-5-4-6-11(7-10)18(2)22(3,20)21/h4-7,9H,8H2,1-3H3,(H,14,19). The van der Waals surface area contributed by atoms with Gasteiger partial charge in [-0.3, -0.25) is 9.10 Å². The number of carbonyl (C=O) groups is 1. The molecule has 118 valence electrons. The molecule has 1 heterocycles. The van der Waals surface area contributed by atoms with Crippen LogP contribution in [0.1, 0.15) is 16.2 Å². The molecule has 0 saturated carbocycles. The zero-order valence-corrected chi connectivity index (χ0v) is 13.3. The van der Waals surface area contributed by atoms with Crippen LogP contribution in [0.2, 0.25) is 0 Å². The number of aromatic nitrogens is 3. The maximum Gasteiger partial charge on any atom is 0.289 e. The summed E-state index contributed by atoms with van der Waals surface area (Å²) < 4.78 is 25.6. The van der Waals surface area contributed by atoms with Gasteiger partial charge >= 0.3 is 0 Å². The predicted molar refractivity (Wildman–Crippen MR) is 81.9 cm³/mol. The summed E-state index contributed by atoms with van der Waals surface area (Å²) in [5.41, 5.74) is 1.32. The number of hydrogen-bond donors (Lipinski definition) is 1. The molecule has 0 radical (unpaired) electrons. The summed E-state index contributed by atoms with van der Waals surface area (Å²) in [5.74, 6) is -0.133. The zero-order chi connectivity index (χ0) is 16.3. The first-order chi connectivity index (χ1) is 10.3. The Labute approximate surface area is 128 Å². The number of sulfonamides is 1. The molecule has 1 N–H and O–H groups in total. The maximum absolute atomic E-state index is 11.9. The van der Waals surface area contributed by atoms with Crippen LogP contribution in [0.3, 0.4) is 0 Å². The Kier molecular flexibility index (Phi) is 4.45. The molecule has 0 spiro atoms. The van der Waals surface area contributed by atoms with Crippen LogP contribution in [-0.4, -0.2) is 42.4 Å². The van der Waals surface area contributed by atoms with E-state index in [-0.39, 0.29) is 18.3 Å². The SMILES string of the molecule is CN(c1cccc(CNC(=O)c2ncnn2C)c1)S(C)(=O)=O. The van der Waals surface area contributed by atoms with E-state index in [1.54, 1.807) is 31.3 Å². The number of amides is 1. The molecule has 0 aliphatic carbocycles. The average Bonchev–Trinajstić information content (AvgIpc) is 2.89. The number of carbonyl (C=O) groups excluding carboxylic acids is 1. The Morgan fingerprint density at radius 1 is 1.41 bits per heavy atom. The quantitative estimate of drug-likeness (QED) is 0.844. The van der Waals surface area contributed by atoms with Gasteiger partial charge in [-0.1, -0.05) is 12.1 Å². The van der Waals surface area contributed by atoms with Gasteiger partial charge in [-0.2, -0.15) is 5.10 Å². The van der Waals surface area contributed by atoms with Gasteiger partial charge in [-0.15, -0.1) is 0 Å². The second-order valence-corrected chi connectivity index (χ2v) is 6.80. The Morgan fingerprint density at radius 3 is 2.73 bits per heavy atom.